The lowest BCUT2D eigenvalue weighted by Crippen LogP contribution is -2.22. The number of rotatable bonds is 1. The normalized spacial score (nSPS) is 19.2. The summed E-state index contributed by atoms with van der Waals surface area (Å²) in [5.41, 5.74) is 3.44. The van der Waals surface area contributed by atoms with Crippen LogP contribution in [0, 0.1) is 11.3 Å². The summed E-state index contributed by atoms with van der Waals surface area (Å²) in [4.78, 5) is 2.47. The smallest absolute Gasteiger partial charge is 0.0995 e. The van der Waals surface area contributed by atoms with E-state index in [2.05, 4.69) is 17.0 Å². The Morgan fingerprint density at radius 2 is 2.21 bits per heavy atom. The van der Waals surface area contributed by atoms with Gasteiger partial charge >= 0.3 is 0 Å². The highest BCUT2D eigenvalue weighted by molar-refractivity contribution is 5.64. The first-order chi connectivity index (χ1) is 6.90. The van der Waals surface area contributed by atoms with Gasteiger partial charge in [0, 0.05) is 18.3 Å². The molecular formula is C12H12N2. The van der Waals surface area contributed by atoms with Crippen molar-refractivity contribution >= 4 is 5.69 Å². The Bertz CT molecular complexity index is 413. The molecule has 0 aromatic heterocycles. The van der Waals surface area contributed by atoms with Crippen molar-refractivity contribution in [3.8, 4) is 6.07 Å². The third kappa shape index (κ3) is 1.02. The van der Waals surface area contributed by atoms with E-state index in [-0.39, 0.29) is 0 Å². The zero-order valence-corrected chi connectivity index (χ0v) is 8.03. The van der Waals surface area contributed by atoms with Crippen LogP contribution >= 0.6 is 0 Å². The molecule has 0 saturated heterocycles. The van der Waals surface area contributed by atoms with Crippen LogP contribution in [0.3, 0.4) is 0 Å². The fraction of sp³-hybridized carbons (Fsp3) is 0.417. The molecule has 70 valence electrons. The minimum absolute atomic E-state index is 0.769. The number of hydrogen-bond acceptors (Lipinski definition) is 2. The van der Waals surface area contributed by atoms with E-state index in [1.54, 1.807) is 0 Å². The van der Waals surface area contributed by atoms with Crippen molar-refractivity contribution in [1.29, 1.82) is 5.26 Å². The van der Waals surface area contributed by atoms with E-state index >= 15 is 0 Å². The van der Waals surface area contributed by atoms with Crippen LogP contribution in [-0.2, 0) is 6.42 Å². The van der Waals surface area contributed by atoms with E-state index in [4.69, 9.17) is 5.26 Å². The van der Waals surface area contributed by atoms with Crippen LogP contribution < -0.4 is 4.90 Å². The first-order valence-corrected chi connectivity index (χ1v) is 5.19. The molecule has 1 saturated carbocycles. The van der Waals surface area contributed by atoms with Crippen molar-refractivity contribution in [2.75, 3.05) is 11.4 Å². The van der Waals surface area contributed by atoms with Gasteiger partial charge < -0.3 is 4.90 Å². The van der Waals surface area contributed by atoms with Crippen LogP contribution in [0.2, 0.25) is 0 Å². The zero-order chi connectivity index (χ0) is 9.54. The van der Waals surface area contributed by atoms with E-state index in [1.807, 2.05) is 12.1 Å². The summed E-state index contributed by atoms with van der Waals surface area (Å²) < 4.78 is 0. The molecule has 1 aromatic carbocycles. The van der Waals surface area contributed by atoms with Crippen LogP contribution in [0.5, 0.6) is 0 Å². The predicted octanol–water partition coefficient (Wildman–Crippen LogP) is 2.08. The van der Waals surface area contributed by atoms with Crippen molar-refractivity contribution in [3.05, 3.63) is 29.3 Å². The Morgan fingerprint density at radius 3 is 2.93 bits per heavy atom. The third-order valence-electron chi connectivity index (χ3n) is 3.17. The van der Waals surface area contributed by atoms with Crippen LogP contribution in [0.25, 0.3) is 0 Å². The molecule has 0 spiro atoms. The molecule has 2 aliphatic rings. The van der Waals surface area contributed by atoms with E-state index < -0.39 is 0 Å². The Hall–Kier alpha value is -1.49. The summed E-state index contributed by atoms with van der Waals surface area (Å²) in [5, 5.41) is 8.97. The van der Waals surface area contributed by atoms with Gasteiger partial charge in [-0.25, -0.2) is 0 Å². The molecule has 1 aliphatic carbocycles. The van der Waals surface area contributed by atoms with Gasteiger partial charge in [0.15, 0.2) is 0 Å². The van der Waals surface area contributed by atoms with Crippen molar-refractivity contribution in [2.45, 2.75) is 25.3 Å². The van der Waals surface area contributed by atoms with Crippen LogP contribution in [0.1, 0.15) is 24.0 Å². The van der Waals surface area contributed by atoms with Crippen molar-refractivity contribution in [1.82, 2.24) is 0 Å². The molecule has 1 fully saturated rings. The molecule has 14 heavy (non-hydrogen) atoms. The van der Waals surface area contributed by atoms with Crippen LogP contribution in [0.15, 0.2) is 18.2 Å². The topological polar surface area (TPSA) is 27.0 Å². The average Bonchev–Trinajstić information content (AvgIpc) is 2.97. The minimum atomic E-state index is 0.769. The molecule has 2 nitrogen and oxygen atoms in total. The number of benzene rings is 1. The van der Waals surface area contributed by atoms with Crippen molar-refractivity contribution in [2.24, 2.45) is 0 Å². The van der Waals surface area contributed by atoms with Gasteiger partial charge in [0.2, 0.25) is 0 Å². The molecule has 2 heteroatoms. The Kier molecular flexibility index (Phi) is 1.55. The lowest BCUT2D eigenvalue weighted by molar-refractivity contribution is 0.831. The van der Waals surface area contributed by atoms with E-state index in [0.717, 1.165) is 24.6 Å². The number of hydrogen-bond donors (Lipinski definition) is 0. The van der Waals surface area contributed by atoms with Crippen molar-refractivity contribution in [3.63, 3.8) is 0 Å². The molecule has 0 amide bonds. The maximum Gasteiger partial charge on any atom is 0.0995 e. The third-order valence-corrected chi connectivity index (χ3v) is 3.17. The molecule has 1 aromatic rings. The Balaban J connectivity index is 2.07. The highest BCUT2D eigenvalue weighted by atomic mass is 15.2. The second-order valence-electron chi connectivity index (χ2n) is 4.09. The lowest BCUT2D eigenvalue weighted by atomic mass is 10.1. The number of fused-ring (bicyclic) bond motifs is 1. The number of nitrogens with zero attached hydrogens (tertiary/aromatic N) is 2. The molecule has 0 bridgehead atoms. The molecule has 1 aliphatic heterocycles. The maximum atomic E-state index is 8.97. The van der Waals surface area contributed by atoms with E-state index in [1.165, 1.54) is 24.1 Å². The van der Waals surface area contributed by atoms with Gasteiger partial charge in [0.1, 0.15) is 0 Å². The number of anilines is 1. The molecule has 1 heterocycles. The lowest BCUT2D eigenvalue weighted by Gasteiger charge is -2.18. The summed E-state index contributed by atoms with van der Waals surface area (Å²) in [6.45, 7) is 1.11. The Labute approximate surface area is 83.8 Å². The first kappa shape index (κ1) is 7.87. The molecular weight excluding hydrogens is 172 g/mol. The van der Waals surface area contributed by atoms with Gasteiger partial charge in [0.05, 0.1) is 11.6 Å². The fourth-order valence-electron chi connectivity index (χ4n) is 2.33. The molecule has 0 N–H and O–H groups in total. The van der Waals surface area contributed by atoms with E-state index in [0.29, 0.717) is 0 Å². The minimum Gasteiger partial charge on any atom is -0.368 e. The zero-order valence-electron chi connectivity index (χ0n) is 8.03. The van der Waals surface area contributed by atoms with Crippen LogP contribution in [0.4, 0.5) is 5.69 Å². The first-order valence-electron chi connectivity index (χ1n) is 5.19. The largest absolute Gasteiger partial charge is 0.368 e. The van der Waals surface area contributed by atoms with Gasteiger partial charge in [-0.05, 0) is 37.0 Å². The standard InChI is InChI=1S/C12H12N2/c13-8-9-2-1-3-12-11(9)6-7-14(12)10-4-5-10/h1-3,10H,4-7H2. The summed E-state index contributed by atoms with van der Waals surface area (Å²) in [7, 11) is 0. The highest BCUT2D eigenvalue weighted by Crippen LogP contribution is 2.38. The van der Waals surface area contributed by atoms with Gasteiger partial charge in [-0.3, -0.25) is 0 Å². The number of nitriles is 1. The second-order valence-corrected chi connectivity index (χ2v) is 4.09. The van der Waals surface area contributed by atoms with Gasteiger partial charge in [-0.2, -0.15) is 5.26 Å². The molecule has 0 unspecified atom stereocenters. The van der Waals surface area contributed by atoms with Gasteiger partial charge in [0.25, 0.3) is 0 Å². The van der Waals surface area contributed by atoms with Crippen molar-refractivity contribution < 1.29 is 0 Å². The summed E-state index contributed by atoms with van der Waals surface area (Å²) in [5.74, 6) is 0. The summed E-state index contributed by atoms with van der Waals surface area (Å²) >= 11 is 0. The van der Waals surface area contributed by atoms with Gasteiger partial charge in [-0.1, -0.05) is 6.07 Å². The molecule has 3 rings (SSSR count). The predicted molar refractivity (Wildman–Crippen MR) is 55.2 cm³/mol. The van der Waals surface area contributed by atoms with E-state index in [9.17, 15) is 0 Å². The SMILES string of the molecule is N#Cc1cccc2c1CCN2C1CC1. The summed E-state index contributed by atoms with van der Waals surface area (Å²) in [6, 6.07) is 9.13. The Morgan fingerprint density at radius 1 is 1.36 bits per heavy atom. The maximum absolute atomic E-state index is 8.97. The summed E-state index contributed by atoms with van der Waals surface area (Å²) in [6.07, 6.45) is 3.71. The average molecular weight is 184 g/mol. The quantitative estimate of drug-likeness (QED) is 0.668. The van der Waals surface area contributed by atoms with Gasteiger partial charge in [-0.15, -0.1) is 0 Å². The second kappa shape index (κ2) is 2.75. The fourth-order valence-corrected chi connectivity index (χ4v) is 2.33. The van der Waals surface area contributed by atoms with Crippen LogP contribution in [-0.4, -0.2) is 12.6 Å². The molecule has 0 radical (unpaired) electrons. The molecule has 0 atom stereocenters. The monoisotopic (exact) mass is 184 g/mol. The highest BCUT2D eigenvalue weighted by Gasteiger charge is 2.33.